The lowest BCUT2D eigenvalue weighted by atomic mass is 9.96. The molecule has 1 heterocycles. The first kappa shape index (κ1) is 22.1. The molecule has 1 aliphatic rings. The fourth-order valence-corrected chi connectivity index (χ4v) is 4.25. The number of rotatable bonds is 6. The van der Waals surface area contributed by atoms with Crippen LogP contribution in [0, 0.1) is 6.92 Å². The number of esters is 1. The predicted molar refractivity (Wildman–Crippen MR) is 116 cm³/mol. The number of hydrogen-bond acceptors (Lipinski definition) is 6. The summed E-state index contributed by atoms with van der Waals surface area (Å²) in [6.07, 6.45) is 4.13. The van der Waals surface area contributed by atoms with E-state index in [0.29, 0.717) is 5.03 Å². The highest BCUT2D eigenvalue weighted by molar-refractivity contribution is 7.99. The number of carbonyl (C=O) groups is 3. The Hall–Kier alpha value is -2.61. The average molecular weight is 430 g/mol. The van der Waals surface area contributed by atoms with E-state index in [1.807, 2.05) is 37.3 Å². The van der Waals surface area contributed by atoms with Gasteiger partial charge in [-0.15, -0.1) is 0 Å². The third-order valence-corrected chi connectivity index (χ3v) is 5.98. The molecule has 2 N–H and O–H groups in total. The van der Waals surface area contributed by atoms with Crippen LogP contribution in [0.4, 0.5) is 4.79 Å². The highest BCUT2D eigenvalue weighted by Crippen LogP contribution is 2.23. The Kier molecular flexibility index (Phi) is 7.68. The molecule has 7 nitrogen and oxygen atoms in total. The van der Waals surface area contributed by atoms with Gasteiger partial charge in [0.15, 0.2) is 6.10 Å². The van der Waals surface area contributed by atoms with Crippen molar-refractivity contribution in [1.82, 2.24) is 15.6 Å². The van der Waals surface area contributed by atoms with Gasteiger partial charge in [0.05, 0.1) is 16.3 Å². The van der Waals surface area contributed by atoms with Crippen molar-refractivity contribution in [3.8, 4) is 0 Å². The standard InChI is InChI=1S/C22H27N3O4S/c1-14-12-19(24-18-11-7-6-10-17(14)18)30-13-20(26)29-15(2)21(27)25-22(28)23-16-8-4-3-5-9-16/h6-7,10-12,15-16H,3-5,8-9,13H2,1-2H3,(H2,23,25,27,28). The fourth-order valence-electron chi connectivity index (χ4n) is 3.49. The van der Waals surface area contributed by atoms with Gasteiger partial charge in [-0.25, -0.2) is 9.78 Å². The number of carbonyl (C=O) groups excluding carboxylic acids is 3. The zero-order valence-electron chi connectivity index (χ0n) is 17.3. The van der Waals surface area contributed by atoms with Gasteiger partial charge in [-0.3, -0.25) is 14.9 Å². The number of amides is 3. The summed E-state index contributed by atoms with van der Waals surface area (Å²) in [5, 5.41) is 6.83. The van der Waals surface area contributed by atoms with Crippen LogP contribution in [0.5, 0.6) is 0 Å². The van der Waals surface area contributed by atoms with Crippen LogP contribution in [0.15, 0.2) is 35.4 Å². The van der Waals surface area contributed by atoms with Crippen molar-refractivity contribution >= 4 is 40.6 Å². The van der Waals surface area contributed by atoms with Gasteiger partial charge in [0, 0.05) is 11.4 Å². The molecule has 1 aliphatic carbocycles. The molecule has 3 amide bonds. The van der Waals surface area contributed by atoms with E-state index in [9.17, 15) is 14.4 Å². The molecule has 1 atom stereocenters. The second-order valence-corrected chi connectivity index (χ2v) is 8.51. The van der Waals surface area contributed by atoms with Crippen molar-refractivity contribution in [2.24, 2.45) is 0 Å². The van der Waals surface area contributed by atoms with Crippen molar-refractivity contribution in [3.05, 3.63) is 35.9 Å². The van der Waals surface area contributed by atoms with Gasteiger partial charge in [-0.2, -0.15) is 0 Å². The molecule has 8 heteroatoms. The van der Waals surface area contributed by atoms with Crippen LogP contribution in [0.3, 0.4) is 0 Å². The highest BCUT2D eigenvalue weighted by atomic mass is 32.2. The normalized spacial score (nSPS) is 15.4. The number of nitrogens with one attached hydrogen (secondary N) is 2. The fraction of sp³-hybridized carbons (Fsp3) is 0.455. The molecular weight excluding hydrogens is 402 g/mol. The molecule has 30 heavy (non-hydrogen) atoms. The van der Waals surface area contributed by atoms with E-state index >= 15 is 0 Å². The number of benzene rings is 1. The Labute approximate surface area is 180 Å². The quantitative estimate of drug-likeness (QED) is 0.536. The van der Waals surface area contributed by atoms with E-state index in [-0.39, 0.29) is 11.8 Å². The molecule has 1 aromatic heterocycles. The maximum absolute atomic E-state index is 12.1. The van der Waals surface area contributed by atoms with Crippen LogP contribution in [0.1, 0.15) is 44.6 Å². The molecular formula is C22H27N3O4S. The minimum absolute atomic E-state index is 0.0245. The Balaban J connectivity index is 1.44. The van der Waals surface area contributed by atoms with E-state index < -0.39 is 24.0 Å². The molecule has 0 radical (unpaired) electrons. The van der Waals surface area contributed by atoms with E-state index in [0.717, 1.165) is 42.1 Å². The molecule has 0 saturated heterocycles. The second kappa shape index (κ2) is 10.4. The van der Waals surface area contributed by atoms with Gasteiger partial charge in [0.1, 0.15) is 0 Å². The summed E-state index contributed by atoms with van der Waals surface area (Å²) in [7, 11) is 0. The number of ether oxygens (including phenoxy) is 1. The Morgan fingerprint density at radius 3 is 2.70 bits per heavy atom. The molecule has 160 valence electrons. The number of urea groups is 1. The summed E-state index contributed by atoms with van der Waals surface area (Å²) in [4.78, 5) is 40.8. The first-order chi connectivity index (χ1) is 14.4. The number of hydrogen-bond donors (Lipinski definition) is 2. The first-order valence-electron chi connectivity index (χ1n) is 10.2. The van der Waals surface area contributed by atoms with Crippen molar-refractivity contribution in [2.75, 3.05) is 5.75 Å². The third-order valence-electron chi connectivity index (χ3n) is 5.09. The number of para-hydroxylation sites is 1. The zero-order valence-corrected chi connectivity index (χ0v) is 18.1. The van der Waals surface area contributed by atoms with Gasteiger partial charge in [-0.05, 0) is 44.4 Å². The number of imide groups is 1. The van der Waals surface area contributed by atoms with E-state index in [1.54, 1.807) is 0 Å². The van der Waals surface area contributed by atoms with Crippen molar-refractivity contribution in [2.45, 2.75) is 63.1 Å². The van der Waals surface area contributed by atoms with E-state index in [2.05, 4.69) is 15.6 Å². The molecule has 0 bridgehead atoms. The average Bonchev–Trinajstić information content (AvgIpc) is 2.73. The Morgan fingerprint density at radius 1 is 1.20 bits per heavy atom. The monoisotopic (exact) mass is 429 g/mol. The van der Waals surface area contributed by atoms with Crippen LogP contribution in [-0.2, 0) is 14.3 Å². The number of nitrogens with zero attached hydrogens (tertiary/aromatic N) is 1. The topological polar surface area (TPSA) is 97.4 Å². The zero-order chi connectivity index (χ0) is 21.5. The van der Waals surface area contributed by atoms with Gasteiger partial charge in [0.2, 0.25) is 0 Å². The van der Waals surface area contributed by atoms with E-state index in [4.69, 9.17) is 4.74 Å². The van der Waals surface area contributed by atoms with Crippen LogP contribution in [0.2, 0.25) is 0 Å². The van der Waals surface area contributed by atoms with Crippen LogP contribution in [-0.4, -0.2) is 40.8 Å². The van der Waals surface area contributed by atoms with Gasteiger partial charge in [0.25, 0.3) is 5.91 Å². The lowest BCUT2D eigenvalue weighted by Crippen LogP contribution is -2.48. The summed E-state index contributed by atoms with van der Waals surface area (Å²) >= 11 is 1.25. The lowest BCUT2D eigenvalue weighted by molar-refractivity contribution is -0.151. The van der Waals surface area contributed by atoms with Crippen LogP contribution < -0.4 is 10.6 Å². The number of pyridine rings is 1. The predicted octanol–water partition coefficient (Wildman–Crippen LogP) is 3.73. The number of aromatic nitrogens is 1. The maximum Gasteiger partial charge on any atom is 0.321 e. The third kappa shape index (κ3) is 6.19. The summed E-state index contributed by atoms with van der Waals surface area (Å²) in [5.41, 5.74) is 1.94. The SMILES string of the molecule is Cc1cc(SCC(=O)OC(C)C(=O)NC(=O)NC2CCCCC2)nc2ccccc12. The number of aryl methyl sites for hydroxylation is 1. The van der Waals surface area contributed by atoms with Gasteiger partial charge in [-0.1, -0.05) is 49.2 Å². The molecule has 0 spiro atoms. The van der Waals surface area contributed by atoms with Crippen molar-refractivity contribution in [3.63, 3.8) is 0 Å². The van der Waals surface area contributed by atoms with Crippen molar-refractivity contribution < 1.29 is 19.1 Å². The summed E-state index contributed by atoms with van der Waals surface area (Å²) < 4.78 is 5.16. The minimum Gasteiger partial charge on any atom is -0.452 e. The summed E-state index contributed by atoms with van der Waals surface area (Å²) in [6, 6.07) is 9.29. The second-order valence-electron chi connectivity index (χ2n) is 7.51. The molecule has 1 saturated carbocycles. The Morgan fingerprint density at radius 2 is 1.93 bits per heavy atom. The highest BCUT2D eigenvalue weighted by Gasteiger charge is 2.22. The molecule has 3 rings (SSSR count). The molecule has 1 unspecified atom stereocenters. The molecule has 1 aromatic carbocycles. The number of fused-ring (bicyclic) bond motifs is 1. The molecule has 2 aromatic rings. The van der Waals surface area contributed by atoms with Crippen LogP contribution >= 0.6 is 11.8 Å². The maximum atomic E-state index is 12.1. The minimum atomic E-state index is -1.05. The smallest absolute Gasteiger partial charge is 0.321 e. The Bertz CT molecular complexity index is 928. The van der Waals surface area contributed by atoms with Gasteiger partial charge < -0.3 is 10.1 Å². The molecule has 0 aliphatic heterocycles. The first-order valence-corrected chi connectivity index (χ1v) is 11.2. The van der Waals surface area contributed by atoms with E-state index in [1.165, 1.54) is 25.1 Å². The van der Waals surface area contributed by atoms with Gasteiger partial charge >= 0.3 is 12.0 Å². The van der Waals surface area contributed by atoms with Crippen molar-refractivity contribution in [1.29, 1.82) is 0 Å². The largest absolute Gasteiger partial charge is 0.452 e. The van der Waals surface area contributed by atoms with Crippen LogP contribution in [0.25, 0.3) is 10.9 Å². The summed E-state index contributed by atoms with van der Waals surface area (Å²) in [5.74, 6) is -1.15. The lowest BCUT2D eigenvalue weighted by Gasteiger charge is -2.23. The number of thioether (sulfide) groups is 1. The summed E-state index contributed by atoms with van der Waals surface area (Å²) in [6.45, 7) is 3.45. The molecule has 1 fully saturated rings.